The molecule has 4 heteroatoms. The van der Waals surface area contributed by atoms with Crippen LogP contribution in [0.15, 0.2) is 4.99 Å². The van der Waals surface area contributed by atoms with E-state index in [-0.39, 0.29) is 0 Å². The molecule has 1 saturated carbocycles. The van der Waals surface area contributed by atoms with Gasteiger partial charge in [-0.05, 0) is 33.1 Å². The van der Waals surface area contributed by atoms with E-state index in [1.807, 2.05) is 13.8 Å². The van der Waals surface area contributed by atoms with Crippen LogP contribution in [0.1, 0.15) is 46.0 Å². The first-order valence-electron chi connectivity index (χ1n) is 6.36. The molecule has 0 saturated heterocycles. The van der Waals surface area contributed by atoms with Gasteiger partial charge in [0.25, 0.3) is 0 Å². The molecule has 1 aliphatic rings. The van der Waals surface area contributed by atoms with Gasteiger partial charge in [-0.2, -0.15) is 0 Å². The molecule has 0 heterocycles. The lowest BCUT2D eigenvalue weighted by Crippen LogP contribution is -2.36. The van der Waals surface area contributed by atoms with Crippen LogP contribution in [0, 0.1) is 0 Å². The maximum atomic E-state index is 5.74. The molecule has 0 amide bonds. The average molecular weight is 227 g/mol. The van der Waals surface area contributed by atoms with E-state index in [1.54, 1.807) is 0 Å². The number of guanidine groups is 1. The fraction of sp³-hybridized carbons (Fsp3) is 0.917. The van der Waals surface area contributed by atoms with Gasteiger partial charge < -0.3 is 15.8 Å². The Morgan fingerprint density at radius 1 is 1.44 bits per heavy atom. The zero-order valence-electron chi connectivity index (χ0n) is 10.5. The summed E-state index contributed by atoms with van der Waals surface area (Å²) in [6.45, 7) is 5.65. The Morgan fingerprint density at radius 2 is 2.12 bits per heavy atom. The molecular weight excluding hydrogens is 202 g/mol. The monoisotopic (exact) mass is 227 g/mol. The Morgan fingerprint density at radius 3 is 2.75 bits per heavy atom. The lowest BCUT2D eigenvalue weighted by molar-refractivity contribution is 0.0579. The topological polar surface area (TPSA) is 59.6 Å². The second-order valence-electron chi connectivity index (χ2n) is 4.70. The molecule has 1 rings (SSSR count). The molecule has 0 aromatic rings. The van der Waals surface area contributed by atoms with E-state index in [4.69, 9.17) is 10.5 Å². The summed E-state index contributed by atoms with van der Waals surface area (Å²) >= 11 is 0. The third-order valence-electron chi connectivity index (χ3n) is 2.68. The van der Waals surface area contributed by atoms with Crippen LogP contribution >= 0.6 is 0 Å². The summed E-state index contributed by atoms with van der Waals surface area (Å²) < 4.78 is 5.74. The third kappa shape index (κ3) is 5.95. The molecule has 0 atom stereocenters. The number of rotatable bonds is 6. The Hall–Kier alpha value is -0.770. The molecule has 0 bridgehead atoms. The van der Waals surface area contributed by atoms with Gasteiger partial charge in [0.2, 0.25) is 0 Å². The Bertz CT molecular complexity index is 210. The summed E-state index contributed by atoms with van der Waals surface area (Å²) in [5.41, 5.74) is 5.68. The first kappa shape index (κ1) is 13.3. The third-order valence-corrected chi connectivity index (χ3v) is 2.68. The van der Waals surface area contributed by atoms with Crippen molar-refractivity contribution in [2.24, 2.45) is 10.7 Å². The van der Waals surface area contributed by atoms with Crippen molar-refractivity contribution in [2.45, 2.75) is 58.1 Å². The highest BCUT2D eigenvalue weighted by Crippen LogP contribution is 2.20. The Balaban J connectivity index is 1.97. The summed E-state index contributed by atoms with van der Waals surface area (Å²) in [5.74, 6) is 0.538. The van der Waals surface area contributed by atoms with Crippen molar-refractivity contribution in [3.63, 3.8) is 0 Å². The van der Waals surface area contributed by atoms with Crippen LogP contribution in [0.2, 0.25) is 0 Å². The first-order valence-corrected chi connectivity index (χ1v) is 6.36. The maximum Gasteiger partial charge on any atom is 0.188 e. The lowest BCUT2D eigenvalue weighted by atomic mass is 10.3. The quantitative estimate of drug-likeness (QED) is 0.412. The smallest absolute Gasteiger partial charge is 0.188 e. The summed E-state index contributed by atoms with van der Waals surface area (Å²) in [4.78, 5) is 4.23. The highest BCUT2D eigenvalue weighted by atomic mass is 16.5. The van der Waals surface area contributed by atoms with Gasteiger partial charge in [0.05, 0.1) is 6.10 Å². The number of hydrogen-bond donors (Lipinski definition) is 2. The number of nitrogens with two attached hydrogens (primary N) is 1. The van der Waals surface area contributed by atoms with Crippen molar-refractivity contribution in [1.29, 1.82) is 0 Å². The molecule has 0 radical (unpaired) electrons. The number of hydrogen-bond acceptors (Lipinski definition) is 2. The molecule has 3 N–H and O–H groups in total. The van der Waals surface area contributed by atoms with E-state index in [0.717, 1.165) is 19.6 Å². The summed E-state index contributed by atoms with van der Waals surface area (Å²) in [7, 11) is 0. The van der Waals surface area contributed by atoms with Crippen LogP contribution < -0.4 is 11.1 Å². The van der Waals surface area contributed by atoms with Crippen molar-refractivity contribution < 1.29 is 4.74 Å². The average Bonchev–Trinajstić information content (AvgIpc) is 2.68. The van der Waals surface area contributed by atoms with Gasteiger partial charge in [0.15, 0.2) is 5.96 Å². The highest BCUT2D eigenvalue weighted by Gasteiger charge is 2.14. The Kier molecular flexibility index (Phi) is 6.23. The second-order valence-corrected chi connectivity index (χ2v) is 4.70. The van der Waals surface area contributed by atoms with Crippen molar-refractivity contribution >= 4 is 5.96 Å². The van der Waals surface area contributed by atoms with E-state index >= 15 is 0 Å². The van der Waals surface area contributed by atoms with Gasteiger partial charge in [-0.3, -0.25) is 4.99 Å². The number of ether oxygens (including phenoxy) is 1. The van der Waals surface area contributed by atoms with Gasteiger partial charge >= 0.3 is 0 Å². The predicted octanol–water partition coefficient (Wildman–Crippen LogP) is 1.65. The Labute approximate surface area is 98.6 Å². The van der Waals surface area contributed by atoms with Crippen LogP contribution in [0.5, 0.6) is 0 Å². The molecule has 1 fully saturated rings. The number of nitrogens with zero attached hydrogens (tertiary/aromatic N) is 1. The zero-order valence-corrected chi connectivity index (χ0v) is 10.5. The number of aliphatic imine (C=N–C) groups is 1. The zero-order chi connectivity index (χ0) is 11.8. The first-order chi connectivity index (χ1) is 7.68. The molecule has 0 aromatic carbocycles. The van der Waals surface area contributed by atoms with E-state index in [0.29, 0.717) is 18.1 Å². The van der Waals surface area contributed by atoms with E-state index in [1.165, 1.54) is 25.7 Å². The highest BCUT2D eigenvalue weighted by molar-refractivity contribution is 5.77. The number of nitrogens with one attached hydrogen (secondary N) is 1. The summed E-state index contributed by atoms with van der Waals surface area (Å²) in [5, 5.41) is 3.06. The van der Waals surface area contributed by atoms with E-state index in [9.17, 15) is 0 Å². The standard InChI is InChI=1S/C12H25N3O/c1-10(2)15-12(13)14-8-5-9-16-11-6-3-4-7-11/h10-11H,3-9H2,1-2H3,(H3,13,14,15). The second kappa shape index (κ2) is 7.49. The maximum absolute atomic E-state index is 5.74. The fourth-order valence-corrected chi connectivity index (χ4v) is 1.91. The van der Waals surface area contributed by atoms with Gasteiger partial charge in [0, 0.05) is 19.2 Å². The summed E-state index contributed by atoms with van der Waals surface area (Å²) in [6.07, 6.45) is 6.59. The normalized spacial score (nSPS) is 18.3. The molecule has 4 nitrogen and oxygen atoms in total. The SMILES string of the molecule is CC(C)NC(N)=NCCCOC1CCCC1. The predicted molar refractivity (Wildman–Crippen MR) is 67.6 cm³/mol. The van der Waals surface area contributed by atoms with Crippen LogP contribution in [0.3, 0.4) is 0 Å². The minimum Gasteiger partial charge on any atom is -0.378 e. The van der Waals surface area contributed by atoms with Crippen LogP contribution in [-0.4, -0.2) is 31.3 Å². The lowest BCUT2D eigenvalue weighted by Gasteiger charge is -2.10. The molecule has 94 valence electrons. The van der Waals surface area contributed by atoms with Crippen LogP contribution in [-0.2, 0) is 4.74 Å². The summed E-state index contributed by atoms with van der Waals surface area (Å²) in [6, 6.07) is 0.346. The fourth-order valence-electron chi connectivity index (χ4n) is 1.91. The molecular formula is C12H25N3O. The van der Waals surface area contributed by atoms with E-state index < -0.39 is 0 Å². The van der Waals surface area contributed by atoms with Gasteiger partial charge in [-0.15, -0.1) is 0 Å². The largest absolute Gasteiger partial charge is 0.378 e. The van der Waals surface area contributed by atoms with Crippen molar-refractivity contribution in [1.82, 2.24) is 5.32 Å². The van der Waals surface area contributed by atoms with Crippen molar-refractivity contribution in [3.05, 3.63) is 0 Å². The molecule has 0 spiro atoms. The minimum atomic E-state index is 0.346. The van der Waals surface area contributed by atoms with Crippen molar-refractivity contribution in [3.8, 4) is 0 Å². The van der Waals surface area contributed by atoms with Crippen LogP contribution in [0.4, 0.5) is 0 Å². The van der Waals surface area contributed by atoms with Gasteiger partial charge in [0.1, 0.15) is 0 Å². The minimum absolute atomic E-state index is 0.346. The molecule has 16 heavy (non-hydrogen) atoms. The van der Waals surface area contributed by atoms with Crippen LogP contribution in [0.25, 0.3) is 0 Å². The molecule has 0 unspecified atom stereocenters. The molecule has 0 aromatic heterocycles. The molecule has 0 aliphatic heterocycles. The van der Waals surface area contributed by atoms with Crippen molar-refractivity contribution in [2.75, 3.05) is 13.2 Å². The van der Waals surface area contributed by atoms with Gasteiger partial charge in [-0.25, -0.2) is 0 Å². The van der Waals surface area contributed by atoms with E-state index in [2.05, 4.69) is 10.3 Å². The van der Waals surface area contributed by atoms with Gasteiger partial charge in [-0.1, -0.05) is 12.8 Å². The molecule has 1 aliphatic carbocycles.